The van der Waals surface area contributed by atoms with Crippen LogP contribution in [0.4, 0.5) is 0 Å². The molecule has 2 rings (SSSR count). The van der Waals surface area contributed by atoms with E-state index in [-0.39, 0.29) is 18.3 Å². The van der Waals surface area contributed by atoms with Gasteiger partial charge in [-0.15, -0.1) is 12.4 Å². The minimum Gasteiger partial charge on any atom is -0.494 e. The molecule has 1 aromatic rings. The van der Waals surface area contributed by atoms with Gasteiger partial charge in [-0.05, 0) is 57.2 Å². The monoisotopic (exact) mass is 326 g/mol. The molecule has 0 spiro atoms. The number of hydrogen-bond donors (Lipinski definition) is 2. The third kappa shape index (κ3) is 8.25. The van der Waals surface area contributed by atoms with Gasteiger partial charge >= 0.3 is 0 Å². The van der Waals surface area contributed by atoms with Crippen LogP contribution in [0.5, 0.6) is 5.75 Å². The Morgan fingerprint density at radius 1 is 1.23 bits per heavy atom. The average Bonchev–Trinajstić information content (AvgIpc) is 3.29. The lowest BCUT2D eigenvalue weighted by Crippen LogP contribution is -2.35. The highest BCUT2D eigenvalue weighted by atomic mass is 35.5. The summed E-state index contributed by atoms with van der Waals surface area (Å²) in [5.74, 6) is 1.82. The first-order valence-electron chi connectivity index (χ1n) is 7.91. The Hall–Kier alpha value is -1.26. The molecule has 22 heavy (non-hydrogen) atoms. The molecular weight excluding hydrogens is 300 g/mol. The molecule has 1 aromatic carbocycles. The summed E-state index contributed by atoms with van der Waals surface area (Å²) in [6, 6.07) is 8.07. The second-order valence-corrected chi connectivity index (χ2v) is 5.79. The Morgan fingerprint density at radius 3 is 2.64 bits per heavy atom. The molecule has 0 radical (unpaired) electrons. The lowest BCUT2D eigenvalue weighted by atomic mass is 10.2. The van der Waals surface area contributed by atoms with E-state index in [0.29, 0.717) is 13.2 Å². The lowest BCUT2D eigenvalue weighted by Gasteiger charge is -2.08. The quantitative estimate of drug-likeness (QED) is 0.650. The van der Waals surface area contributed by atoms with Crippen molar-refractivity contribution in [1.82, 2.24) is 10.6 Å². The highest BCUT2D eigenvalue weighted by Gasteiger charge is 2.20. The first-order valence-corrected chi connectivity index (χ1v) is 7.91. The van der Waals surface area contributed by atoms with Gasteiger partial charge in [-0.2, -0.15) is 0 Å². The molecule has 0 bridgehead atoms. The van der Waals surface area contributed by atoms with Gasteiger partial charge in [-0.25, -0.2) is 0 Å². The summed E-state index contributed by atoms with van der Waals surface area (Å²) in [5.41, 5.74) is 1.24. The molecule has 1 saturated carbocycles. The molecule has 4 nitrogen and oxygen atoms in total. The molecule has 1 aliphatic carbocycles. The first kappa shape index (κ1) is 18.8. The zero-order valence-electron chi connectivity index (χ0n) is 13.3. The van der Waals surface area contributed by atoms with E-state index < -0.39 is 0 Å². The SMILES string of the molecule is Cc1ccc(OCCCCNC(=O)CNCC2CC2)cc1.Cl. The fraction of sp³-hybridized carbons (Fsp3) is 0.588. The van der Waals surface area contributed by atoms with Crippen molar-refractivity contribution in [2.24, 2.45) is 5.92 Å². The van der Waals surface area contributed by atoms with Gasteiger partial charge in [0.1, 0.15) is 5.75 Å². The van der Waals surface area contributed by atoms with Gasteiger partial charge < -0.3 is 15.4 Å². The van der Waals surface area contributed by atoms with Crippen LogP contribution >= 0.6 is 12.4 Å². The number of aryl methyl sites for hydroxylation is 1. The summed E-state index contributed by atoms with van der Waals surface area (Å²) in [5, 5.41) is 6.11. The van der Waals surface area contributed by atoms with Crippen LogP contribution < -0.4 is 15.4 Å². The van der Waals surface area contributed by atoms with E-state index in [2.05, 4.69) is 17.6 Å². The molecular formula is C17H27ClN2O2. The maximum absolute atomic E-state index is 11.5. The number of carbonyl (C=O) groups is 1. The molecule has 1 fully saturated rings. The number of nitrogens with one attached hydrogen (secondary N) is 2. The van der Waals surface area contributed by atoms with Crippen molar-refractivity contribution in [2.75, 3.05) is 26.2 Å². The van der Waals surface area contributed by atoms with Crippen LogP contribution in [0.25, 0.3) is 0 Å². The number of amides is 1. The van der Waals surface area contributed by atoms with Crippen molar-refractivity contribution < 1.29 is 9.53 Å². The second kappa shape index (κ2) is 10.5. The highest BCUT2D eigenvalue weighted by molar-refractivity contribution is 5.85. The van der Waals surface area contributed by atoms with Crippen molar-refractivity contribution in [3.63, 3.8) is 0 Å². The summed E-state index contributed by atoms with van der Waals surface area (Å²) in [7, 11) is 0. The minimum atomic E-state index is 0. The number of hydrogen-bond acceptors (Lipinski definition) is 3. The Balaban J connectivity index is 0.00000242. The van der Waals surface area contributed by atoms with Crippen molar-refractivity contribution in [3.05, 3.63) is 29.8 Å². The summed E-state index contributed by atoms with van der Waals surface area (Å²) in [6.45, 7) is 4.90. The maximum atomic E-state index is 11.5. The third-order valence-corrected chi connectivity index (χ3v) is 3.60. The van der Waals surface area contributed by atoms with Gasteiger partial charge in [-0.3, -0.25) is 4.79 Å². The second-order valence-electron chi connectivity index (χ2n) is 5.79. The van der Waals surface area contributed by atoms with Crippen LogP contribution in [0.15, 0.2) is 24.3 Å². The van der Waals surface area contributed by atoms with E-state index >= 15 is 0 Å². The number of ether oxygens (including phenoxy) is 1. The van der Waals surface area contributed by atoms with Gasteiger partial charge in [0.15, 0.2) is 0 Å². The zero-order valence-corrected chi connectivity index (χ0v) is 14.1. The van der Waals surface area contributed by atoms with Crippen molar-refractivity contribution in [1.29, 1.82) is 0 Å². The Labute approximate surface area is 139 Å². The molecule has 124 valence electrons. The van der Waals surface area contributed by atoms with E-state index in [1.807, 2.05) is 24.3 Å². The number of carbonyl (C=O) groups excluding carboxylic acids is 1. The van der Waals surface area contributed by atoms with Gasteiger partial charge in [0.2, 0.25) is 5.91 Å². The summed E-state index contributed by atoms with van der Waals surface area (Å²) in [6.07, 6.45) is 4.52. The molecule has 0 aliphatic heterocycles. The van der Waals surface area contributed by atoms with Crippen molar-refractivity contribution in [2.45, 2.75) is 32.6 Å². The third-order valence-electron chi connectivity index (χ3n) is 3.60. The molecule has 2 N–H and O–H groups in total. The topological polar surface area (TPSA) is 50.4 Å². The van der Waals surface area contributed by atoms with E-state index in [0.717, 1.165) is 37.6 Å². The standard InChI is InChI=1S/C17H26N2O2.ClH/c1-14-4-8-16(9-5-14)21-11-3-2-10-19-17(20)13-18-12-15-6-7-15;/h4-5,8-9,15,18H,2-3,6-7,10-13H2,1H3,(H,19,20);1H. The fourth-order valence-electron chi connectivity index (χ4n) is 2.05. The van der Waals surface area contributed by atoms with Gasteiger partial charge in [0.25, 0.3) is 0 Å². The lowest BCUT2D eigenvalue weighted by molar-refractivity contribution is -0.120. The molecule has 0 aromatic heterocycles. The average molecular weight is 327 g/mol. The number of benzene rings is 1. The first-order chi connectivity index (χ1) is 10.2. The van der Waals surface area contributed by atoms with E-state index in [9.17, 15) is 4.79 Å². The molecule has 0 saturated heterocycles. The fourth-order valence-corrected chi connectivity index (χ4v) is 2.05. The number of unbranched alkanes of at least 4 members (excludes halogenated alkanes) is 1. The van der Waals surface area contributed by atoms with Crippen molar-refractivity contribution >= 4 is 18.3 Å². The molecule has 1 aliphatic rings. The van der Waals surface area contributed by atoms with Crippen molar-refractivity contribution in [3.8, 4) is 5.75 Å². The van der Waals surface area contributed by atoms with Gasteiger partial charge in [0.05, 0.1) is 13.2 Å². The summed E-state index contributed by atoms with van der Waals surface area (Å²) in [4.78, 5) is 11.5. The van der Waals surface area contributed by atoms with E-state index in [1.54, 1.807) is 0 Å². The Bertz CT molecular complexity index is 433. The Kier molecular flexibility index (Phi) is 8.94. The smallest absolute Gasteiger partial charge is 0.233 e. The van der Waals surface area contributed by atoms with Crippen LogP contribution in [0, 0.1) is 12.8 Å². The van der Waals surface area contributed by atoms with Gasteiger partial charge in [-0.1, -0.05) is 17.7 Å². The summed E-state index contributed by atoms with van der Waals surface area (Å²) < 4.78 is 5.64. The zero-order chi connectivity index (χ0) is 14.9. The molecule has 5 heteroatoms. The molecule has 0 unspecified atom stereocenters. The van der Waals surface area contributed by atoms with Crippen LogP contribution in [-0.4, -0.2) is 32.1 Å². The summed E-state index contributed by atoms with van der Waals surface area (Å²) >= 11 is 0. The van der Waals surface area contributed by atoms with Crippen LogP contribution in [0.1, 0.15) is 31.2 Å². The van der Waals surface area contributed by atoms with Crippen LogP contribution in [-0.2, 0) is 4.79 Å². The molecule has 0 atom stereocenters. The molecule has 1 amide bonds. The molecule has 0 heterocycles. The van der Waals surface area contributed by atoms with E-state index in [4.69, 9.17) is 4.74 Å². The normalized spacial score (nSPS) is 13.3. The Morgan fingerprint density at radius 2 is 1.95 bits per heavy atom. The van der Waals surface area contributed by atoms with Crippen LogP contribution in [0.2, 0.25) is 0 Å². The van der Waals surface area contributed by atoms with Crippen LogP contribution in [0.3, 0.4) is 0 Å². The number of halogens is 1. The maximum Gasteiger partial charge on any atom is 0.233 e. The highest BCUT2D eigenvalue weighted by Crippen LogP contribution is 2.27. The largest absolute Gasteiger partial charge is 0.494 e. The predicted octanol–water partition coefficient (Wildman–Crippen LogP) is 2.69. The van der Waals surface area contributed by atoms with E-state index in [1.165, 1.54) is 18.4 Å². The van der Waals surface area contributed by atoms with Gasteiger partial charge in [0, 0.05) is 6.54 Å². The predicted molar refractivity (Wildman–Crippen MR) is 91.8 cm³/mol. The minimum absolute atomic E-state index is 0. The number of rotatable bonds is 10.